The topological polar surface area (TPSA) is 146 Å². The standard InChI is InChI=1S/C43H46N6O5Si/c1-28-41(55(2,3)53)39(20-21-48-26-37(46-47-48)34(27-50)30-13-5-4-6-14-30)54-43(28)35-17-8-10-19-38(35)49(42(43)52)25-29-12-11-15-32(22-29)45-40(51)23-31-24-44-36-18-9-7-16-33(31)36/h4-19,22,24,26,28,34,39,41,44,50,53H,20-21,23,25,27H2,1-3H3,(H,45,51)/t28-,34?,39+,41-,43+/m0/s1. The van der Waals surface area contributed by atoms with Crippen molar-refractivity contribution >= 4 is 42.4 Å². The molecule has 1 spiro atoms. The second-order valence-corrected chi connectivity index (χ2v) is 19.4. The van der Waals surface area contributed by atoms with Gasteiger partial charge < -0.3 is 29.8 Å². The number of nitrogens with one attached hydrogen (secondary N) is 2. The zero-order valence-electron chi connectivity index (χ0n) is 31.2. The zero-order valence-corrected chi connectivity index (χ0v) is 32.2. The van der Waals surface area contributed by atoms with Crippen LogP contribution in [-0.2, 0) is 39.4 Å². The van der Waals surface area contributed by atoms with Gasteiger partial charge in [-0.3, -0.25) is 14.3 Å². The van der Waals surface area contributed by atoms with E-state index in [0.717, 1.165) is 38.8 Å². The largest absolute Gasteiger partial charge is 0.432 e. The SMILES string of the molecule is C[C@H]1[C@H]([Si](C)(C)O)[C@@H](CCn2cc(C(CO)c3ccccc3)nn2)O[C@]12C(=O)N(Cc1cccc(NC(=O)Cc3c[nH]c4ccccc34)c1)c1ccccc12. The van der Waals surface area contributed by atoms with Gasteiger partial charge >= 0.3 is 0 Å². The summed E-state index contributed by atoms with van der Waals surface area (Å²) >= 11 is 0. The molecule has 282 valence electrons. The Hall–Kier alpha value is -5.40. The molecule has 0 saturated carbocycles. The minimum Gasteiger partial charge on any atom is -0.432 e. The summed E-state index contributed by atoms with van der Waals surface area (Å²) in [6.07, 6.45) is 4.06. The number of anilines is 2. The molecule has 0 aliphatic carbocycles. The van der Waals surface area contributed by atoms with Crippen molar-refractivity contribution in [3.63, 3.8) is 0 Å². The van der Waals surface area contributed by atoms with Crippen LogP contribution in [-0.4, -0.2) is 62.7 Å². The van der Waals surface area contributed by atoms with Gasteiger partial charge in [0.1, 0.15) is 0 Å². The van der Waals surface area contributed by atoms with Crippen LogP contribution < -0.4 is 10.2 Å². The lowest BCUT2D eigenvalue weighted by molar-refractivity contribution is -0.146. The van der Waals surface area contributed by atoms with E-state index in [1.807, 2.05) is 136 Å². The molecule has 2 aliphatic rings. The van der Waals surface area contributed by atoms with Crippen molar-refractivity contribution in [2.45, 2.75) is 69.1 Å². The number of para-hydroxylation sites is 2. The summed E-state index contributed by atoms with van der Waals surface area (Å²) in [5.41, 5.74) is 5.14. The third-order valence-corrected chi connectivity index (χ3v) is 13.9. The van der Waals surface area contributed by atoms with Gasteiger partial charge in [-0.25, -0.2) is 0 Å². The molecule has 1 fully saturated rings. The first-order valence-electron chi connectivity index (χ1n) is 18.9. The number of aromatic nitrogens is 4. The first-order valence-corrected chi connectivity index (χ1v) is 21.9. The first kappa shape index (κ1) is 36.6. The van der Waals surface area contributed by atoms with Crippen molar-refractivity contribution in [3.8, 4) is 0 Å². The van der Waals surface area contributed by atoms with E-state index in [0.29, 0.717) is 24.3 Å². The van der Waals surface area contributed by atoms with E-state index >= 15 is 0 Å². The molecule has 2 aromatic heterocycles. The van der Waals surface area contributed by atoms with Crippen LogP contribution in [0.15, 0.2) is 116 Å². The maximum atomic E-state index is 14.9. The van der Waals surface area contributed by atoms with E-state index in [4.69, 9.17) is 4.74 Å². The Balaban J connectivity index is 1.01. The number of nitrogens with zero attached hydrogens (tertiary/aromatic N) is 4. The number of carbonyl (C=O) groups is 2. The maximum absolute atomic E-state index is 14.9. The van der Waals surface area contributed by atoms with E-state index < -0.39 is 20.0 Å². The number of fused-ring (bicyclic) bond motifs is 3. The number of H-pyrrole nitrogens is 1. The Morgan fingerprint density at radius 1 is 1.02 bits per heavy atom. The third kappa shape index (κ3) is 6.80. The Kier molecular flexibility index (Phi) is 9.76. The van der Waals surface area contributed by atoms with Gasteiger partial charge in [-0.1, -0.05) is 91.0 Å². The summed E-state index contributed by atoms with van der Waals surface area (Å²) in [4.78, 5) is 44.8. The molecule has 4 heterocycles. The smallest absolute Gasteiger partial charge is 0.264 e. The van der Waals surface area contributed by atoms with Crippen LogP contribution in [0.5, 0.6) is 0 Å². The predicted molar refractivity (Wildman–Crippen MR) is 214 cm³/mol. The molecule has 11 nitrogen and oxygen atoms in total. The van der Waals surface area contributed by atoms with Gasteiger partial charge in [-0.05, 0) is 60.5 Å². The number of amides is 2. The van der Waals surface area contributed by atoms with E-state index in [1.54, 1.807) is 9.58 Å². The van der Waals surface area contributed by atoms with Crippen LogP contribution in [0.2, 0.25) is 18.6 Å². The van der Waals surface area contributed by atoms with Gasteiger partial charge in [0.2, 0.25) is 5.91 Å². The highest BCUT2D eigenvalue weighted by atomic mass is 28.4. The van der Waals surface area contributed by atoms with Crippen molar-refractivity contribution < 1.29 is 24.2 Å². The van der Waals surface area contributed by atoms with Crippen molar-refractivity contribution in [3.05, 3.63) is 143 Å². The van der Waals surface area contributed by atoms with Crippen molar-refractivity contribution in [2.24, 2.45) is 5.92 Å². The van der Waals surface area contributed by atoms with Crippen molar-refractivity contribution in [1.29, 1.82) is 0 Å². The van der Waals surface area contributed by atoms with E-state index in [2.05, 4.69) is 20.6 Å². The Morgan fingerprint density at radius 2 is 1.78 bits per heavy atom. The summed E-state index contributed by atoms with van der Waals surface area (Å²) < 4.78 is 8.77. The molecule has 55 heavy (non-hydrogen) atoms. The highest BCUT2D eigenvalue weighted by molar-refractivity contribution is 6.71. The van der Waals surface area contributed by atoms with Crippen LogP contribution in [0.1, 0.15) is 47.2 Å². The molecule has 6 aromatic rings. The van der Waals surface area contributed by atoms with E-state index in [9.17, 15) is 19.5 Å². The van der Waals surface area contributed by atoms with Crippen LogP contribution in [0, 0.1) is 5.92 Å². The summed E-state index contributed by atoms with van der Waals surface area (Å²) in [6.45, 7) is 6.53. The zero-order chi connectivity index (χ0) is 38.3. The molecule has 4 aromatic carbocycles. The van der Waals surface area contributed by atoms with Crippen LogP contribution >= 0.6 is 0 Å². The molecule has 8 rings (SSSR count). The lowest BCUT2D eigenvalue weighted by Crippen LogP contribution is -2.46. The molecule has 1 unspecified atom stereocenters. The van der Waals surface area contributed by atoms with Crippen molar-refractivity contribution in [1.82, 2.24) is 20.0 Å². The van der Waals surface area contributed by atoms with Gasteiger partial charge in [0.05, 0.1) is 43.0 Å². The Labute approximate surface area is 321 Å². The van der Waals surface area contributed by atoms with Gasteiger partial charge in [0.25, 0.3) is 5.91 Å². The number of rotatable bonds is 12. The van der Waals surface area contributed by atoms with Crippen LogP contribution in [0.3, 0.4) is 0 Å². The molecule has 1 saturated heterocycles. The number of aliphatic hydroxyl groups is 1. The number of aliphatic hydroxyl groups excluding tert-OH is 1. The third-order valence-electron chi connectivity index (χ3n) is 11.4. The lowest BCUT2D eigenvalue weighted by atomic mass is 9.82. The van der Waals surface area contributed by atoms with Crippen LogP contribution in [0.4, 0.5) is 11.4 Å². The highest BCUT2D eigenvalue weighted by Crippen LogP contribution is 2.59. The van der Waals surface area contributed by atoms with Gasteiger partial charge in [0, 0.05) is 52.6 Å². The number of hydrogen-bond acceptors (Lipinski definition) is 7. The number of benzene rings is 4. The average molecular weight is 755 g/mol. The van der Waals surface area contributed by atoms with E-state index in [-0.39, 0.29) is 48.8 Å². The molecule has 0 radical (unpaired) electrons. The van der Waals surface area contributed by atoms with Crippen molar-refractivity contribution in [2.75, 3.05) is 16.8 Å². The number of aromatic amines is 1. The predicted octanol–water partition coefficient (Wildman–Crippen LogP) is 6.50. The molecule has 12 heteroatoms. The molecule has 2 aliphatic heterocycles. The minimum absolute atomic E-state index is 0.0936. The van der Waals surface area contributed by atoms with Crippen LogP contribution in [0.25, 0.3) is 10.9 Å². The fraction of sp³-hybridized carbons (Fsp3) is 0.302. The fourth-order valence-electron chi connectivity index (χ4n) is 8.94. The first-order chi connectivity index (χ1) is 26.6. The Bertz CT molecular complexity index is 2340. The summed E-state index contributed by atoms with van der Waals surface area (Å²) in [5.74, 6) is -0.882. The monoisotopic (exact) mass is 754 g/mol. The maximum Gasteiger partial charge on any atom is 0.264 e. The number of carbonyl (C=O) groups excluding carboxylic acids is 2. The molecule has 0 bridgehead atoms. The second kappa shape index (κ2) is 14.7. The highest BCUT2D eigenvalue weighted by Gasteiger charge is 2.66. The number of hydrogen-bond donors (Lipinski definition) is 4. The van der Waals surface area contributed by atoms with E-state index in [1.165, 1.54) is 0 Å². The number of aryl methyl sites for hydroxylation is 1. The fourth-order valence-corrected chi connectivity index (χ4v) is 11.5. The Morgan fingerprint density at radius 3 is 2.58 bits per heavy atom. The average Bonchev–Trinajstić information content (AvgIpc) is 3.94. The minimum atomic E-state index is -2.87. The molecule has 5 atom stereocenters. The quantitative estimate of drug-likeness (QED) is 0.104. The molecule has 4 N–H and O–H groups in total. The summed E-state index contributed by atoms with van der Waals surface area (Å²) in [7, 11) is -2.87. The normalized spacial score (nSPS) is 21.4. The van der Waals surface area contributed by atoms with Gasteiger partial charge in [-0.2, -0.15) is 0 Å². The van der Waals surface area contributed by atoms with Gasteiger partial charge in [0.15, 0.2) is 13.9 Å². The molecular formula is C43H46N6O5Si. The number of ether oxygens (including phenoxy) is 1. The van der Waals surface area contributed by atoms with Gasteiger partial charge in [-0.15, -0.1) is 5.10 Å². The lowest BCUT2D eigenvalue weighted by Gasteiger charge is -2.32. The molecule has 2 amide bonds. The summed E-state index contributed by atoms with van der Waals surface area (Å²) in [6, 6.07) is 33.0. The summed E-state index contributed by atoms with van der Waals surface area (Å²) in [5, 5.41) is 23.0. The molecular weight excluding hydrogens is 709 g/mol. The second-order valence-electron chi connectivity index (χ2n) is 15.4.